The second-order valence-electron chi connectivity index (χ2n) is 5.74. The molecule has 24 heavy (non-hydrogen) atoms. The molecule has 3 aromatic rings. The van der Waals surface area contributed by atoms with Crippen molar-refractivity contribution in [3.63, 3.8) is 0 Å². The fraction of sp³-hybridized carbons (Fsp3) is 0.158. The summed E-state index contributed by atoms with van der Waals surface area (Å²) in [5.74, 6) is 1.22. The third-order valence-electron chi connectivity index (χ3n) is 4.11. The summed E-state index contributed by atoms with van der Waals surface area (Å²) in [4.78, 5) is 12.2. The highest BCUT2D eigenvalue weighted by Gasteiger charge is 2.30. The van der Waals surface area contributed by atoms with Gasteiger partial charge in [0.05, 0.1) is 22.4 Å². The van der Waals surface area contributed by atoms with Crippen LogP contribution in [-0.2, 0) is 4.79 Å². The van der Waals surface area contributed by atoms with Crippen LogP contribution in [0.1, 0.15) is 22.1 Å². The van der Waals surface area contributed by atoms with Crippen molar-refractivity contribution in [1.29, 1.82) is 0 Å². The lowest BCUT2D eigenvalue weighted by molar-refractivity contribution is -0.113. The van der Waals surface area contributed by atoms with Gasteiger partial charge in [-0.25, -0.2) is 4.68 Å². The number of thioether (sulfide) groups is 1. The van der Waals surface area contributed by atoms with E-state index in [-0.39, 0.29) is 11.2 Å². The number of rotatable bonds is 2. The van der Waals surface area contributed by atoms with Gasteiger partial charge in [0.25, 0.3) is 0 Å². The number of aromatic nitrogens is 2. The number of aryl methyl sites for hydroxylation is 1. The SMILES string of the molecule is Cc1nn(-c2ccccc2)c2c1C(c1ccccc1)SCC(=O)N2. The highest BCUT2D eigenvalue weighted by molar-refractivity contribution is 8.00. The molecule has 1 atom stereocenters. The summed E-state index contributed by atoms with van der Waals surface area (Å²) >= 11 is 1.65. The van der Waals surface area contributed by atoms with Gasteiger partial charge in [0.1, 0.15) is 5.82 Å². The number of benzene rings is 2. The number of carbonyl (C=O) groups excluding carboxylic acids is 1. The van der Waals surface area contributed by atoms with Crippen molar-refractivity contribution in [1.82, 2.24) is 9.78 Å². The van der Waals surface area contributed by atoms with E-state index in [1.807, 2.05) is 60.1 Å². The fourth-order valence-electron chi connectivity index (χ4n) is 3.03. The lowest BCUT2D eigenvalue weighted by atomic mass is 10.0. The van der Waals surface area contributed by atoms with Gasteiger partial charge in [-0.2, -0.15) is 5.10 Å². The van der Waals surface area contributed by atoms with Crippen LogP contribution in [0.15, 0.2) is 60.7 Å². The molecule has 4 rings (SSSR count). The topological polar surface area (TPSA) is 46.9 Å². The summed E-state index contributed by atoms with van der Waals surface area (Å²) in [7, 11) is 0. The first-order chi connectivity index (χ1) is 11.7. The molecule has 5 heteroatoms. The minimum Gasteiger partial charge on any atom is -0.310 e. The number of nitrogens with zero attached hydrogens (tertiary/aromatic N) is 2. The maximum atomic E-state index is 12.2. The lowest BCUT2D eigenvalue weighted by Gasteiger charge is -2.15. The minimum absolute atomic E-state index is 0.0109. The van der Waals surface area contributed by atoms with Gasteiger partial charge in [-0.1, -0.05) is 48.5 Å². The van der Waals surface area contributed by atoms with Crippen molar-refractivity contribution >= 4 is 23.5 Å². The van der Waals surface area contributed by atoms with E-state index in [2.05, 4.69) is 17.4 Å². The number of nitrogens with one attached hydrogen (secondary N) is 1. The number of amides is 1. The highest BCUT2D eigenvalue weighted by atomic mass is 32.2. The van der Waals surface area contributed by atoms with Gasteiger partial charge >= 0.3 is 0 Å². The average Bonchev–Trinajstić information content (AvgIpc) is 2.83. The molecule has 0 bridgehead atoms. The molecule has 1 N–H and O–H groups in total. The van der Waals surface area contributed by atoms with Crippen molar-refractivity contribution in [2.24, 2.45) is 0 Å². The average molecular weight is 335 g/mol. The molecule has 1 amide bonds. The van der Waals surface area contributed by atoms with Crippen LogP contribution in [0.5, 0.6) is 0 Å². The van der Waals surface area contributed by atoms with Gasteiger partial charge in [-0.15, -0.1) is 11.8 Å². The van der Waals surface area contributed by atoms with E-state index in [4.69, 9.17) is 5.10 Å². The largest absolute Gasteiger partial charge is 0.310 e. The molecule has 1 aliphatic rings. The second-order valence-corrected chi connectivity index (χ2v) is 6.84. The number of hydrogen-bond acceptors (Lipinski definition) is 3. The predicted molar refractivity (Wildman–Crippen MR) is 97.7 cm³/mol. The van der Waals surface area contributed by atoms with Crippen LogP contribution < -0.4 is 5.32 Å². The second kappa shape index (κ2) is 6.17. The summed E-state index contributed by atoms with van der Waals surface area (Å²) in [5, 5.41) is 7.85. The van der Waals surface area contributed by atoms with Crippen LogP contribution in [0.2, 0.25) is 0 Å². The Morgan fingerprint density at radius 1 is 1.08 bits per heavy atom. The quantitative estimate of drug-likeness (QED) is 0.771. The van der Waals surface area contributed by atoms with Crippen molar-refractivity contribution in [2.45, 2.75) is 12.2 Å². The van der Waals surface area contributed by atoms with E-state index in [1.165, 1.54) is 5.56 Å². The summed E-state index contributed by atoms with van der Waals surface area (Å²) in [6.45, 7) is 2.01. The predicted octanol–water partition coefficient (Wildman–Crippen LogP) is 3.96. The molecule has 2 aromatic carbocycles. The summed E-state index contributed by atoms with van der Waals surface area (Å²) in [5.41, 5.74) is 4.16. The van der Waals surface area contributed by atoms with Crippen LogP contribution in [0.25, 0.3) is 5.69 Å². The molecule has 0 saturated carbocycles. The Hall–Kier alpha value is -2.53. The molecule has 0 radical (unpaired) electrons. The monoisotopic (exact) mass is 335 g/mol. The molecule has 1 unspecified atom stereocenters. The number of fused-ring (bicyclic) bond motifs is 1. The van der Waals surface area contributed by atoms with E-state index in [0.717, 1.165) is 22.8 Å². The molecule has 1 aliphatic heterocycles. The zero-order valence-corrected chi connectivity index (χ0v) is 14.1. The number of carbonyl (C=O) groups is 1. The first-order valence-electron chi connectivity index (χ1n) is 7.85. The Morgan fingerprint density at radius 2 is 1.75 bits per heavy atom. The van der Waals surface area contributed by atoms with Crippen LogP contribution in [0.4, 0.5) is 5.82 Å². The molecular weight excluding hydrogens is 318 g/mol. The van der Waals surface area contributed by atoms with Gasteiger partial charge in [-0.3, -0.25) is 4.79 Å². The number of anilines is 1. The molecular formula is C19H17N3OS. The van der Waals surface area contributed by atoms with Gasteiger partial charge < -0.3 is 5.32 Å². The zero-order valence-electron chi connectivity index (χ0n) is 13.3. The summed E-state index contributed by atoms with van der Waals surface area (Å²) < 4.78 is 1.84. The maximum absolute atomic E-state index is 12.2. The lowest BCUT2D eigenvalue weighted by Crippen LogP contribution is -2.15. The van der Waals surface area contributed by atoms with Gasteiger partial charge in [0, 0.05) is 5.56 Å². The van der Waals surface area contributed by atoms with E-state index in [0.29, 0.717) is 5.75 Å². The molecule has 2 heterocycles. The molecule has 1 aromatic heterocycles. The third kappa shape index (κ3) is 2.61. The smallest absolute Gasteiger partial charge is 0.235 e. The van der Waals surface area contributed by atoms with Crippen molar-refractivity contribution in [2.75, 3.05) is 11.1 Å². The molecule has 0 fully saturated rings. The van der Waals surface area contributed by atoms with Gasteiger partial charge in [0.15, 0.2) is 0 Å². The van der Waals surface area contributed by atoms with Crippen molar-refractivity contribution in [3.8, 4) is 5.69 Å². The van der Waals surface area contributed by atoms with Crippen LogP contribution in [-0.4, -0.2) is 21.4 Å². The van der Waals surface area contributed by atoms with Gasteiger partial charge in [-0.05, 0) is 24.6 Å². The van der Waals surface area contributed by atoms with Crippen LogP contribution in [0.3, 0.4) is 0 Å². The van der Waals surface area contributed by atoms with Crippen molar-refractivity contribution < 1.29 is 4.79 Å². The Bertz CT molecular complexity index is 874. The van der Waals surface area contributed by atoms with E-state index in [1.54, 1.807) is 11.8 Å². The Kier molecular flexibility index (Phi) is 3.86. The molecule has 4 nitrogen and oxygen atoms in total. The first-order valence-corrected chi connectivity index (χ1v) is 8.90. The van der Waals surface area contributed by atoms with E-state index < -0.39 is 0 Å². The Morgan fingerprint density at radius 3 is 2.46 bits per heavy atom. The normalized spacial score (nSPS) is 17.0. The molecule has 0 spiro atoms. The standard InChI is InChI=1S/C19H17N3OS/c1-13-17-18(14-8-4-2-5-9-14)24-12-16(23)20-19(17)22(21-13)15-10-6-3-7-11-15/h2-11,18H,12H2,1H3,(H,20,23). The third-order valence-corrected chi connectivity index (χ3v) is 5.38. The zero-order chi connectivity index (χ0) is 16.5. The van der Waals surface area contributed by atoms with Crippen molar-refractivity contribution in [3.05, 3.63) is 77.5 Å². The van der Waals surface area contributed by atoms with E-state index >= 15 is 0 Å². The van der Waals surface area contributed by atoms with Crippen LogP contribution in [0, 0.1) is 6.92 Å². The summed E-state index contributed by atoms with van der Waals surface area (Å²) in [6, 6.07) is 20.2. The fourth-order valence-corrected chi connectivity index (χ4v) is 4.22. The first kappa shape index (κ1) is 15.0. The minimum atomic E-state index is 0.0109. The Labute approximate surface area is 144 Å². The Balaban J connectivity index is 1.90. The van der Waals surface area contributed by atoms with Gasteiger partial charge in [0.2, 0.25) is 5.91 Å². The number of hydrogen-bond donors (Lipinski definition) is 1. The molecule has 120 valence electrons. The molecule has 0 saturated heterocycles. The maximum Gasteiger partial charge on any atom is 0.235 e. The number of para-hydroxylation sites is 1. The van der Waals surface area contributed by atoms with E-state index in [9.17, 15) is 4.79 Å². The molecule has 0 aliphatic carbocycles. The van der Waals surface area contributed by atoms with Crippen LogP contribution >= 0.6 is 11.8 Å². The summed E-state index contributed by atoms with van der Waals surface area (Å²) in [6.07, 6.45) is 0. The highest BCUT2D eigenvalue weighted by Crippen LogP contribution is 2.43.